The summed E-state index contributed by atoms with van der Waals surface area (Å²) in [6.07, 6.45) is 1.62. The van der Waals surface area contributed by atoms with Crippen LogP contribution in [0.2, 0.25) is 0 Å². The lowest BCUT2D eigenvalue weighted by Gasteiger charge is -2.35. The van der Waals surface area contributed by atoms with E-state index in [1.165, 1.54) is 5.56 Å². The molecular formula is C26H23N3O4. The van der Waals surface area contributed by atoms with Crippen LogP contribution in [0.1, 0.15) is 15.9 Å². The molecule has 0 N–H and O–H groups in total. The van der Waals surface area contributed by atoms with Crippen molar-refractivity contribution >= 4 is 16.8 Å². The lowest BCUT2D eigenvalue weighted by molar-refractivity contribution is 0.0630. The second-order valence-corrected chi connectivity index (χ2v) is 8.31. The third kappa shape index (κ3) is 3.81. The quantitative estimate of drug-likeness (QED) is 0.473. The number of hydrogen-bond acceptors (Lipinski definition) is 6. The van der Waals surface area contributed by atoms with Gasteiger partial charge in [0, 0.05) is 38.1 Å². The number of piperazine rings is 1. The molecule has 7 heteroatoms. The molecule has 166 valence electrons. The van der Waals surface area contributed by atoms with E-state index in [0.29, 0.717) is 30.1 Å². The summed E-state index contributed by atoms with van der Waals surface area (Å²) in [4.78, 5) is 22.5. The summed E-state index contributed by atoms with van der Waals surface area (Å²) in [6.45, 7) is 4.08. The Morgan fingerprint density at radius 3 is 2.61 bits per heavy atom. The first-order valence-corrected chi connectivity index (χ1v) is 11.1. The van der Waals surface area contributed by atoms with Gasteiger partial charge in [0.2, 0.25) is 6.79 Å². The van der Waals surface area contributed by atoms with E-state index in [1.54, 1.807) is 6.26 Å². The standard InChI is InChI=1S/C26H23N3O4/c30-26(20-15-22(23-6-3-13-31-23)27-21-5-2-1-4-19(20)21)29-11-9-28(10-12-29)16-18-7-8-24-25(14-18)33-17-32-24/h1-8,13-15H,9-12,16-17H2. The van der Waals surface area contributed by atoms with E-state index in [9.17, 15) is 4.79 Å². The highest BCUT2D eigenvalue weighted by atomic mass is 16.7. The van der Waals surface area contributed by atoms with Crippen LogP contribution in [0.25, 0.3) is 22.4 Å². The van der Waals surface area contributed by atoms with Crippen LogP contribution in [0, 0.1) is 0 Å². The van der Waals surface area contributed by atoms with Gasteiger partial charge in [0.15, 0.2) is 17.3 Å². The zero-order chi connectivity index (χ0) is 22.2. The third-order valence-electron chi connectivity index (χ3n) is 6.22. The Morgan fingerprint density at radius 2 is 1.76 bits per heavy atom. The summed E-state index contributed by atoms with van der Waals surface area (Å²) in [7, 11) is 0. The van der Waals surface area contributed by atoms with Crippen LogP contribution < -0.4 is 9.47 Å². The van der Waals surface area contributed by atoms with Crippen molar-refractivity contribution in [3.63, 3.8) is 0 Å². The van der Waals surface area contributed by atoms with Crippen molar-refractivity contribution in [1.82, 2.24) is 14.8 Å². The predicted octanol–water partition coefficient (Wildman–Crippen LogP) is 4.18. The Morgan fingerprint density at radius 1 is 0.909 bits per heavy atom. The number of para-hydroxylation sites is 1. The summed E-state index contributed by atoms with van der Waals surface area (Å²) < 4.78 is 16.4. The minimum atomic E-state index is 0.0316. The maximum Gasteiger partial charge on any atom is 0.254 e. The molecule has 33 heavy (non-hydrogen) atoms. The van der Waals surface area contributed by atoms with Gasteiger partial charge in [0.05, 0.1) is 17.3 Å². The first kappa shape index (κ1) is 19.8. The van der Waals surface area contributed by atoms with Crippen molar-refractivity contribution in [3.05, 3.63) is 78.1 Å². The minimum absolute atomic E-state index is 0.0316. The molecule has 0 atom stereocenters. The van der Waals surface area contributed by atoms with E-state index in [4.69, 9.17) is 18.9 Å². The average Bonchev–Trinajstić information content (AvgIpc) is 3.55. The smallest absolute Gasteiger partial charge is 0.254 e. The van der Waals surface area contributed by atoms with Gasteiger partial charge in [-0.1, -0.05) is 24.3 Å². The van der Waals surface area contributed by atoms with Gasteiger partial charge in [-0.3, -0.25) is 9.69 Å². The number of fused-ring (bicyclic) bond motifs is 2. The second kappa shape index (κ2) is 8.26. The SMILES string of the molecule is O=C(c1cc(-c2ccco2)nc2ccccc12)N1CCN(Cc2ccc3c(c2)OCO3)CC1. The third-order valence-corrected chi connectivity index (χ3v) is 6.22. The molecule has 4 heterocycles. The van der Waals surface area contributed by atoms with Crippen molar-refractivity contribution in [1.29, 1.82) is 0 Å². The number of amides is 1. The summed E-state index contributed by atoms with van der Waals surface area (Å²) in [5.41, 5.74) is 3.30. The molecule has 0 unspecified atom stereocenters. The van der Waals surface area contributed by atoms with E-state index >= 15 is 0 Å². The van der Waals surface area contributed by atoms with Crippen LogP contribution in [-0.2, 0) is 6.54 Å². The largest absolute Gasteiger partial charge is 0.463 e. The molecule has 0 aliphatic carbocycles. The van der Waals surface area contributed by atoms with Crippen molar-refractivity contribution in [2.45, 2.75) is 6.54 Å². The summed E-state index contributed by atoms with van der Waals surface area (Å²) in [6, 6.07) is 19.4. The maximum absolute atomic E-state index is 13.5. The number of furan rings is 1. The summed E-state index contributed by atoms with van der Waals surface area (Å²) in [5, 5.41) is 0.862. The van der Waals surface area contributed by atoms with Crippen LogP contribution >= 0.6 is 0 Å². The first-order chi connectivity index (χ1) is 16.2. The van der Waals surface area contributed by atoms with E-state index in [1.807, 2.05) is 59.5 Å². The Labute approximate surface area is 191 Å². The zero-order valence-corrected chi connectivity index (χ0v) is 18.1. The number of nitrogens with zero attached hydrogens (tertiary/aromatic N) is 3. The van der Waals surface area contributed by atoms with Gasteiger partial charge < -0.3 is 18.8 Å². The van der Waals surface area contributed by atoms with Gasteiger partial charge >= 0.3 is 0 Å². The van der Waals surface area contributed by atoms with Crippen LogP contribution in [0.3, 0.4) is 0 Å². The van der Waals surface area contributed by atoms with E-state index in [-0.39, 0.29) is 12.7 Å². The van der Waals surface area contributed by atoms with E-state index in [0.717, 1.165) is 42.0 Å². The van der Waals surface area contributed by atoms with E-state index in [2.05, 4.69) is 11.0 Å². The van der Waals surface area contributed by atoms with Gasteiger partial charge in [-0.15, -0.1) is 0 Å². The molecule has 0 radical (unpaired) electrons. The van der Waals surface area contributed by atoms with Crippen molar-refractivity contribution < 1.29 is 18.7 Å². The topological polar surface area (TPSA) is 68.0 Å². The second-order valence-electron chi connectivity index (χ2n) is 8.31. The molecule has 0 spiro atoms. The summed E-state index contributed by atoms with van der Waals surface area (Å²) >= 11 is 0. The van der Waals surface area contributed by atoms with E-state index < -0.39 is 0 Å². The number of benzene rings is 2. The lowest BCUT2D eigenvalue weighted by Crippen LogP contribution is -2.48. The Kier molecular flexibility index (Phi) is 4.96. The average molecular weight is 441 g/mol. The van der Waals surface area contributed by atoms with Crippen molar-refractivity contribution in [2.75, 3.05) is 33.0 Å². The zero-order valence-electron chi connectivity index (χ0n) is 18.1. The highest BCUT2D eigenvalue weighted by Crippen LogP contribution is 2.33. The molecule has 6 rings (SSSR count). The molecule has 2 aromatic carbocycles. The minimum Gasteiger partial charge on any atom is -0.463 e. The molecule has 2 aliphatic rings. The van der Waals surface area contributed by atoms with Gasteiger partial charge in [0.25, 0.3) is 5.91 Å². The van der Waals surface area contributed by atoms with Crippen LogP contribution in [0.15, 0.2) is 71.3 Å². The molecule has 1 saturated heterocycles. The van der Waals surface area contributed by atoms with Gasteiger partial charge in [-0.05, 0) is 42.0 Å². The Hall–Kier alpha value is -3.84. The van der Waals surface area contributed by atoms with Gasteiger partial charge in [0.1, 0.15) is 5.69 Å². The normalized spacial score (nSPS) is 15.8. The highest BCUT2D eigenvalue weighted by Gasteiger charge is 2.25. The fourth-order valence-electron chi connectivity index (χ4n) is 4.48. The van der Waals surface area contributed by atoms with Crippen LogP contribution in [-0.4, -0.2) is 53.7 Å². The Balaban J connectivity index is 1.19. The summed E-state index contributed by atoms with van der Waals surface area (Å²) in [5.74, 6) is 2.29. The van der Waals surface area contributed by atoms with Crippen LogP contribution in [0.4, 0.5) is 0 Å². The first-order valence-electron chi connectivity index (χ1n) is 11.1. The van der Waals surface area contributed by atoms with Crippen LogP contribution in [0.5, 0.6) is 11.5 Å². The number of pyridine rings is 1. The van der Waals surface area contributed by atoms with Crippen molar-refractivity contribution in [3.8, 4) is 23.0 Å². The number of aromatic nitrogens is 1. The number of rotatable bonds is 4. The molecule has 2 aliphatic heterocycles. The Bertz CT molecular complexity index is 1310. The molecule has 0 saturated carbocycles. The fraction of sp³-hybridized carbons (Fsp3) is 0.231. The number of hydrogen-bond donors (Lipinski definition) is 0. The molecule has 2 aromatic heterocycles. The molecule has 0 bridgehead atoms. The van der Waals surface area contributed by atoms with Crippen molar-refractivity contribution in [2.24, 2.45) is 0 Å². The molecular weight excluding hydrogens is 418 g/mol. The molecule has 7 nitrogen and oxygen atoms in total. The fourth-order valence-corrected chi connectivity index (χ4v) is 4.48. The number of carbonyl (C=O) groups is 1. The number of carbonyl (C=O) groups excluding carboxylic acids is 1. The molecule has 4 aromatic rings. The maximum atomic E-state index is 13.5. The lowest BCUT2D eigenvalue weighted by atomic mass is 10.0. The highest BCUT2D eigenvalue weighted by molar-refractivity contribution is 6.07. The monoisotopic (exact) mass is 441 g/mol. The molecule has 1 fully saturated rings. The molecule has 1 amide bonds. The predicted molar refractivity (Wildman–Crippen MR) is 123 cm³/mol. The number of ether oxygens (including phenoxy) is 2. The van der Waals surface area contributed by atoms with Gasteiger partial charge in [-0.2, -0.15) is 0 Å². The van der Waals surface area contributed by atoms with Gasteiger partial charge in [-0.25, -0.2) is 4.98 Å².